The third-order valence-electron chi connectivity index (χ3n) is 6.37. The van der Waals surface area contributed by atoms with E-state index in [1.54, 1.807) is 0 Å². The highest BCUT2D eigenvalue weighted by atomic mass is 35.5. The summed E-state index contributed by atoms with van der Waals surface area (Å²) in [7, 11) is 1.06. The van der Waals surface area contributed by atoms with Crippen LogP contribution in [0, 0.1) is 5.92 Å². The van der Waals surface area contributed by atoms with E-state index in [0.29, 0.717) is 38.7 Å². The molecule has 4 N–H and O–H groups in total. The lowest BCUT2D eigenvalue weighted by Crippen LogP contribution is -2.53. The van der Waals surface area contributed by atoms with Gasteiger partial charge in [0, 0.05) is 31.6 Å². The van der Waals surface area contributed by atoms with Gasteiger partial charge in [-0.1, -0.05) is 35.3 Å². The first-order valence-corrected chi connectivity index (χ1v) is 13.8. The van der Waals surface area contributed by atoms with Crippen molar-refractivity contribution >= 4 is 52.8 Å². The van der Waals surface area contributed by atoms with Gasteiger partial charge in [-0.2, -0.15) is 0 Å². The molecule has 0 saturated heterocycles. The van der Waals surface area contributed by atoms with Crippen molar-refractivity contribution in [3.05, 3.63) is 56.7 Å². The number of ether oxygens (including phenoxy) is 4. The summed E-state index contributed by atoms with van der Waals surface area (Å²) in [5, 5.41) is 19.9. The van der Waals surface area contributed by atoms with Crippen molar-refractivity contribution in [3.8, 4) is 0 Å². The van der Waals surface area contributed by atoms with Crippen LogP contribution in [-0.4, -0.2) is 86.5 Å². The predicted octanol–water partition coefficient (Wildman–Crippen LogP) is 3.18. The number of carbonyl (C=O) groups excluding carboxylic acids is 2. The molecule has 1 aliphatic heterocycles. The lowest BCUT2D eigenvalue weighted by molar-refractivity contribution is -0.146. The molecule has 2 unspecified atom stereocenters. The van der Waals surface area contributed by atoms with E-state index in [9.17, 15) is 29.4 Å². The van der Waals surface area contributed by atoms with Crippen LogP contribution in [0.15, 0.2) is 46.1 Å². The summed E-state index contributed by atoms with van der Waals surface area (Å²) in [6.07, 6.45) is 1.57. The van der Waals surface area contributed by atoms with Gasteiger partial charge in [0.05, 0.1) is 52.6 Å². The molecule has 0 bridgehead atoms. The minimum atomic E-state index is -2.42. The molecular weight excluding hydrogens is 595 g/mol. The molecule has 0 aromatic heterocycles. The fraction of sp³-hybridized carbons (Fsp3) is 0.464. The van der Waals surface area contributed by atoms with Crippen molar-refractivity contribution in [3.63, 3.8) is 0 Å². The number of carboxylic acids is 2. The smallest absolute Gasteiger partial charge is 0.337 e. The molecule has 2 atom stereocenters. The fourth-order valence-electron chi connectivity index (χ4n) is 4.79. The second kappa shape index (κ2) is 16.4. The van der Waals surface area contributed by atoms with Gasteiger partial charge in [0.25, 0.3) is 0 Å². The van der Waals surface area contributed by atoms with Crippen LogP contribution in [0.1, 0.15) is 32.3 Å². The highest BCUT2D eigenvalue weighted by molar-refractivity contribution is 6.42. The van der Waals surface area contributed by atoms with Gasteiger partial charge in [-0.05, 0) is 44.9 Å². The lowest BCUT2D eigenvalue weighted by atomic mass is 9.57. The van der Waals surface area contributed by atoms with Crippen LogP contribution in [0.3, 0.4) is 0 Å². The number of nitrogens with zero attached hydrogens (tertiary/aromatic N) is 1. The first-order valence-electron chi connectivity index (χ1n) is 13.0. The van der Waals surface area contributed by atoms with Gasteiger partial charge in [0.1, 0.15) is 5.92 Å². The molecule has 1 aromatic rings. The summed E-state index contributed by atoms with van der Waals surface area (Å²) in [6, 6.07) is 4.18. The third-order valence-corrected chi connectivity index (χ3v) is 7.19. The van der Waals surface area contributed by atoms with Crippen LogP contribution in [0.5, 0.6) is 0 Å². The van der Waals surface area contributed by atoms with E-state index < -0.39 is 46.4 Å². The van der Waals surface area contributed by atoms with Crippen molar-refractivity contribution in [1.82, 2.24) is 0 Å². The van der Waals surface area contributed by atoms with E-state index in [1.165, 1.54) is 32.0 Å². The first kappa shape index (κ1) is 34.9. The summed E-state index contributed by atoms with van der Waals surface area (Å²) >= 11 is 13.0. The molecule has 1 aliphatic rings. The Bertz CT molecular complexity index is 1280. The number of halogens is 2. The van der Waals surface area contributed by atoms with Crippen LogP contribution in [0.25, 0.3) is 0 Å². The van der Waals surface area contributed by atoms with Gasteiger partial charge in [-0.25, -0.2) is 14.4 Å². The highest BCUT2D eigenvalue weighted by Crippen LogP contribution is 2.53. The fourth-order valence-corrected chi connectivity index (χ4v) is 5.24. The number of carbonyl (C=O) groups is 4. The van der Waals surface area contributed by atoms with Gasteiger partial charge in [0.2, 0.25) is 0 Å². The Balaban J connectivity index is 2.94. The highest BCUT2D eigenvalue weighted by Gasteiger charge is 2.60. The Hall–Kier alpha value is -3.29. The normalized spacial score (nSPS) is 18.9. The number of aliphatic imine (C=N–C) groups is 1. The molecule has 0 radical (unpaired) electrons. The van der Waals surface area contributed by atoms with Crippen LogP contribution < -0.4 is 5.73 Å². The largest absolute Gasteiger partial charge is 0.478 e. The minimum absolute atomic E-state index is 0.00666. The SMILES string of the molecule is CCOC(=O)C1=C(COCCCOCCCN)N=C(C)C(C(=O)OC)C1(C(=CC(=O)O)C(=O)O)c1cccc(Cl)c1Cl. The van der Waals surface area contributed by atoms with Crippen molar-refractivity contribution in [2.45, 2.75) is 32.1 Å². The molecule has 1 heterocycles. The Morgan fingerprint density at radius 2 is 1.76 bits per heavy atom. The van der Waals surface area contributed by atoms with E-state index in [4.69, 9.17) is 47.9 Å². The first-order chi connectivity index (χ1) is 20.0. The Labute approximate surface area is 253 Å². The summed E-state index contributed by atoms with van der Waals surface area (Å²) in [4.78, 5) is 56.6. The number of benzene rings is 1. The molecule has 42 heavy (non-hydrogen) atoms. The van der Waals surface area contributed by atoms with Crippen LogP contribution >= 0.6 is 23.2 Å². The maximum Gasteiger partial charge on any atom is 0.337 e. The molecule has 0 aliphatic carbocycles. The quantitative estimate of drug-likeness (QED) is 0.139. The van der Waals surface area contributed by atoms with Crippen molar-refractivity contribution in [1.29, 1.82) is 0 Å². The summed E-state index contributed by atoms with van der Waals surface area (Å²) in [5.41, 5.74) is 1.47. The zero-order valence-corrected chi connectivity index (χ0v) is 25.0. The molecule has 0 spiro atoms. The number of methoxy groups -OCH3 is 1. The summed E-state index contributed by atoms with van der Waals surface area (Å²) < 4.78 is 21.6. The third kappa shape index (κ3) is 7.75. The van der Waals surface area contributed by atoms with E-state index >= 15 is 0 Å². The van der Waals surface area contributed by atoms with Crippen LogP contribution in [-0.2, 0) is 43.5 Å². The van der Waals surface area contributed by atoms with Gasteiger partial charge in [-0.15, -0.1) is 0 Å². The summed E-state index contributed by atoms with van der Waals surface area (Å²) in [6.45, 7) is 3.99. The Morgan fingerprint density at radius 1 is 1.10 bits per heavy atom. The standard InChI is InChI=1S/C28H34Cl2N2O10/c1-4-42-27(38)23-20(15-41-13-7-12-40-11-6-10-31)32-16(2)22(26(37)39-3)28(23,18(25(35)36)14-21(33)34)17-8-5-9-19(29)24(17)30/h5,8-9,14,22H,4,6-7,10-13,15,31H2,1-3H3,(H,33,34)(H,35,36). The van der Waals surface area contributed by atoms with E-state index in [1.807, 2.05) is 0 Å². The second-order valence-electron chi connectivity index (χ2n) is 9.02. The number of aliphatic carboxylic acids is 2. The van der Waals surface area contributed by atoms with E-state index in [2.05, 4.69) is 4.99 Å². The van der Waals surface area contributed by atoms with Gasteiger partial charge in [0.15, 0.2) is 0 Å². The zero-order chi connectivity index (χ0) is 31.4. The molecule has 1 aromatic carbocycles. The Kier molecular flexibility index (Phi) is 13.6. The van der Waals surface area contributed by atoms with Crippen molar-refractivity contribution in [2.75, 3.05) is 46.7 Å². The number of esters is 2. The molecular formula is C28H34Cl2N2O10. The van der Waals surface area contributed by atoms with Gasteiger partial charge in [-0.3, -0.25) is 9.79 Å². The molecule has 0 amide bonds. The van der Waals surface area contributed by atoms with Gasteiger partial charge >= 0.3 is 23.9 Å². The average Bonchev–Trinajstić information content (AvgIpc) is 2.93. The molecule has 12 nitrogen and oxygen atoms in total. The average molecular weight is 629 g/mol. The maximum atomic E-state index is 13.8. The molecule has 2 rings (SSSR count). The van der Waals surface area contributed by atoms with E-state index in [-0.39, 0.29) is 46.8 Å². The Morgan fingerprint density at radius 3 is 2.36 bits per heavy atom. The van der Waals surface area contributed by atoms with Gasteiger partial charge < -0.3 is 34.9 Å². The predicted molar refractivity (Wildman–Crippen MR) is 154 cm³/mol. The molecule has 0 fully saturated rings. The van der Waals surface area contributed by atoms with Crippen LogP contribution in [0.4, 0.5) is 0 Å². The minimum Gasteiger partial charge on any atom is -0.478 e. The van der Waals surface area contributed by atoms with Crippen molar-refractivity contribution in [2.24, 2.45) is 16.6 Å². The number of nitrogens with two attached hydrogens (primary N) is 1. The number of carboxylic acid groups (broad SMARTS) is 2. The molecule has 14 heteroatoms. The zero-order valence-electron chi connectivity index (χ0n) is 23.5. The number of hydrogen-bond acceptors (Lipinski definition) is 10. The van der Waals surface area contributed by atoms with E-state index in [0.717, 1.165) is 7.11 Å². The number of hydrogen-bond donors (Lipinski definition) is 3. The topological polar surface area (TPSA) is 184 Å². The number of rotatable bonds is 16. The summed E-state index contributed by atoms with van der Waals surface area (Å²) in [5.74, 6) is -7.17. The monoisotopic (exact) mass is 628 g/mol. The van der Waals surface area contributed by atoms with Crippen molar-refractivity contribution < 1.29 is 48.3 Å². The van der Waals surface area contributed by atoms with Crippen LogP contribution in [0.2, 0.25) is 10.0 Å². The molecule has 0 saturated carbocycles. The maximum absolute atomic E-state index is 13.8. The second-order valence-corrected chi connectivity index (χ2v) is 9.81. The lowest BCUT2D eigenvalue weighted by Gasteiger charge is -2.44. The molecule has 230 valence electrons.